The van der Waals surface area contributed by atoms with E-state index in [0.717, 1.165) is 51.7 Å². The summed E-state index contributed by atoms with van der Waals surface area (Å²) in [6.07, 6.45) is 5.57. The third-order valence-electron chi connectivity index (χ3n) is 5.80. The third kappa shape index (κ3) is 3.98. The number of likely N-dealkylation sites (N-methyl/N-ethyl adjacent to an activating group) is 2. The Morgan fingerprint density at radius 3 is 2.62 bits per heavy atom. The number of nitrogens with zero attached hydrogens (tertiary/aromatic N) is 2. The van der Waals surface area contributed by atoms with Crippen molar-refractivity contribution in [3.05, 3.63) is 35.9 Å². The molecule has 1 aromatic carbocycles. The van der Waals surface area contributed by atoms with Crippen LogP contribution in [0.25, 0.3) is 0 Å². The zero-order valence-electron chi connectivity index (χ0n) is 15.0. The van der Waals surface area contributed by atoms with E-state index in [9.17, 15) is 4.79 Å². The van der Waals surface area contributed by atoms with E-state index in [1.807, 2.05) is 4.90 Å². The number of benzene rings is 1. The van der Waals surface area contributed by atoms with Crippen LogP contribution in [0.1, 0.15) is 38.2 Å². The number of rotatable bonds is 5. The molecule has 0 radical (unpaired) electrons. The lowest BCUT2D eigenvalue weighted by atomic mass is 9.80. The molecule has 0 unspecified atom stereocenters. The Kier molecular flexibility index (Phi) is 5.57. The molecule has 2 fully saturated rings. The number of ether oxygens (including phenoxy) is 1. The van der Waals surface area contributed by atoms with Crippen LogP contribution < -0.4 is 0 Å². The van der Waals surface area contributed by atoms with Gasteiger partial charge in [0, 0.05) is 25.7 Å². The van der Waals surface area contributed by atoms with Crippen molar-refractivity contribution in [3.63, 3.8) is 0 Å². The summed E-state index contributed by atoms with van der Waals surface area (Å²) in [7, 11) is 2.25. The van der Waals surface area contributed by atoms with Crippen molar-refractivity contribution in [3.8, 4) is 0 Å². The van der Waals surface area contributed by atoms with E-state index in [1.54, 1.807) is 0 Å². The van der Waals surface area contributed by atoms with Crippen LogP contribution in [0, 0.1) is 0 Å². The molecule has 2 aliphatic rings. The average Bonchev–Trinajstić information content (AvgIpc) is 2.63. The van der Waals surface area contributed by atoms with E-state index in [1.165, 1.54) is 5.56 Å². The van der Waals surface area contributed by atoms with Crippen LogP contribution in [0.5, 0.6) is 0 Å². The molecule has 4 nitrogen and oxygen atoms in total. The van der Waals surface area contributed by atoms with Gasteiger partial charge >= 0.3 is 0 Å². The number of carbonyl (C=O) groups excluding carboxylic acids is 1. The van der Waals surface area contributed by atoms with Crippen LogP contribution in [0.2, 0.25) is 0 Å². The number of carbonyl (C=O) groups is 1. The van der Waals surface area contributed by atoms with Gasteiger partial charge < -0.3 is 14.5 Å². The number of amides is 1. The fraction of sp³-hybridized carbons (Fsp3) is 0.650. The first-order chi connectivity index (χ1) is 11.6. The molecule has 0 N–H and O–H groups in total. The van der Waals surface area contributed by atoms with Crippen LogP contribution in [-0.2, 0) is 16.0 Å². The second-order valence-electron chi connectivity index (χ2n) is 7.33. The molecule has 1 spiro atoms. The lowest BCUT2D eigenvalue weighted by Gasteiger charge is -2.47. The van der Waals surface area contributed by atoms with Gasteiger partial charge in [-0.2, -0.15) is 0 Å². The predicted molar refractivity (Wildman–Crippen MR) is 96.0 cm³/mol. The summed E-state index contributed by atoms with van der Waals surface area (Å²) < 4.78 is 6.00. The van der Waals surface area contributed by atoms with Gasteiger partial charge in [-0.3, -0.25) is 4.79 Å². The van der Waals surface area contributed by atoms with Crippen molar-refractivity contribution in [1.29, 1.82) is 0 Å². The molecular formula is C20H30N2O2. The van der Waals surface area contributed by atoms with Crippen LogP contribution in [0.3, 0.4) is 0 Å². The molecule has 132 valence electrons. The fourth-order valence-corrected chi connectivity index (χ4v) is 4.08. The molecule has 24 heavy (non-hydrogen) atoms. The SMILES string of the molecule is CCN1C[C@]2(CC[C@H](N(C)CCc3ccccc3)CC2)OCC1=O. The summed E-state index contributed by atoms with van der Waals surface area (Å²) in [6, 6.07) is 11.3. The first kappa shape index (κ1) is 17.4. The second kappa shape index (κ2) is 7.66. The maximum atomic E-state index is 11.8. The Bertz CT molecular complexity index is 538. The molecular weight excluding hydrogens is 300 g/mol. The highest BCUT2D eigenvalue weighted by Crippen LogP contribution is 2.36. The third-order valence-corrected chi connectivity index (χ3v) is 5.80. The average molecular weight is 330 g/mol. The smallest absolute Gasteiger partial charge is 0.248 e. The van der Waals surface area contributed by atoms with Crippen molar-refractivity contribution in [2.75, 3.05) is 33.3 Å². The zero-order valence-corrected chi connectivity index (χ0v) is 15.0. The molecule has 3 rings (SSSR count). The second-order valence-corrected chi connectivity index (χ2v) is 7.33. The minimum atomic E-state index is -0.0826. The van der Waals surface area contributed by atoms with Gasteiger partial charge in [0.05, 0.1) is 5.60 Å². The van der Waals surface area contributed by atoms with Crippen LogP contribution in [0.4, 0.5) is 0 Å². The van der Waals surface area contributed by atoms with Gasteiger partial charge in [0.2, 0.25) is 5.91 Å². The van der Waals surface area contributed by atoms with Crippen molar-refractivity contribution >= 4 is 5.91 Å². The van der Waals surface area contributed by atoms with Crippen LogP contribution in [-0.4, -0.2) is 60.6 Å². The minimum Gasteiger partial charge on any atom is -0.363 e. The van der Waals surface area contributed by atoms with Gasteiger partial charge in [0.15, 0.2) is 0 Å². The first-order valence-corrected chi connectivity index (χ1v) is 9.28. The topological polar surface area (TPSA) is 32.8 Å². The molecule has 1 aromatic rings. The highest BCUT2D eigenvalue weighted by Gasteiger charge is 2.42. The lowest BCUT2D eigenvalue weighted by molar-refractivity contribution is -0.170. The van der Waals surface area contributed by atoms with Crippen molar-refractivity contribution in [1.82, 2.24) is 9.80 Å². The Balaban J connectivity index is 1.48. The summed E-state index contributed by atoms with van der Waals surface area (Å²) in [4.78, 5) is 16.3. The minimum absolute atomic E-state index is 0.0826. The van der Waals surface area contributed by atoms with Crippen molar-refractivity contribution in [2.45, 2.75) is 50.7 Å². The molecule has 0 aromatic heterocycles. The molecule has 1 saturated heterocycles. The summed E-state index contributed by atoms with van der Waals surface area (Å²) in [5, 5.41) is 0. The fourth-order valence-electron chi connectivity index (χ4n) is 4.08. The molecule has 1 saturated carbocycles. The van der Waals surface area contributed by atoms with Crippen LogP contribution in [0.15, 0.2) is 30.3 Å². The largest absolute Gasteiger partial charge is 0.363 e. The quantitative estimate of drug-likeness (QED) is 0.832. The molecule has 1 heterocycles. The molecule has 1 aliphatic heterocycles. The van der Waals surface area contributed by atoms with Crippen LogP contribution >= 0.6 is 0 Å². The van der Waals surface area contributed by atoms with E-state index in [0.29, 0.717) is 6.04 Å². The van der Waals surface area contributed by atoms with Crippen molar-refractivity contribution in [2.24, 2.45) is 0 Å². The van der Waals surface area contributed by atoms with E-state index in [-0.39, 0.29) is 18.1 Å². The van der Waals surface area contributed by atoms with Gasteiger partial charge in [0.1, 0.15) is 6.61 Å². The predicted octanol–water partition coefficient (Wildman–Crippen LogP) is 2.72. The van der Waals surface area contributed by atoms with Gasteiger partial charge in [0.25, 0.3) is 0 Å². The zero-order chi connectivity index (χ0) is 17.0. The maximum Gasteiger partial charge on any atom is 0.248 e. The normalized spacial score (nSPS) is 27.9. The Morgan fingerprint density at radius 2 is 1.96 bits per heavy atom. The Labute approximate surface area is 145 Å². The van der Waals surface area contributed by atoms with Gasteiger partial charge in [-0.15, -0.1) is 0 Å². The Hall–Kier alpha value is -1.39. The molecule has 1 amide bonds. The van der Waals surface area contributed by atoms with Gasteiger partial charge in [-0.1, -0.05) is 30.3 Å². The van der Waals surface area contributed by atoms with E-state index in [2.05, 4.69) is 49.2 Å². The molecule has 0 bridgehead atoms. The highest BCUT2D eigenvalue weighted by molar-refractivity contribution is 5.78. The molecule has 4 heteroatoms. The van der Waals surface area contributed by atoms with Gasteiger partial charge in [-0.05, 0) is 51.6 Å². The maximum absolute atomic E-state index is 11.8. The number of hydrogen-bond acceptors (Lipinski definition) is 3. The number of hydrogen-bond donors (Lipinski definition) is 0. The van der Waals surface area contributed by atoms with E-state index < -0.39 is 0 Å². The standard InChI is InChI=1S/C20H30N2O2/c1-3-22-16-20(24-15-19(22)23)12-9-18(10-13-20)21(2)14-11-17-7-5-4-6-8-17/h4-8,18H,3,9-16H2,1-2H3/t18-,20+. The molecule has 0 atom stereocenters. The summed E-state index contributed by atoms with van der Waals surface area (Å²) >= 11 is 0. The first-order valence-electron chi connectivity index (χ1n) is 9.28. The van der Waals surface area contributed by atoms with E-state index >= 15 is 0 Å². The van der Waals surface area contributed by atoms with E-state index in [4.69, 9.17) is 4.74 Å². The summed E-state index contributed by atoms with van der Waals surface area (Å²) in [6.45, 7) is 5.00. The summed E-state index contributed by atoms with van der Waals surface area (Å²) in [5.41, 5.74) is 1.32. The summed E-state index contributed by atoms with van der Waals surface area (Å²) in [5.74, 6) is 0.144. The molecule has 1 aliphatic carbocycles. The monoisotopic (exact) mass is 330 g/mol. The lowest BCUT2D eigenvalue weighted by Crippen LogP contribution is -2.57. The highest BCUT2D eigenvalue weighted by atomic mass is 16.5. The Morgan fingerprint density at radius 1 is 1.25 bits per heavy atom. The van der Waals surface area contributed by atoms with Gasteiger partial charge in [-0.25, -0.2) is 0 Å². The number of morpholine rings is 1. The van der Waals surface area contributed by atoms with Crippen molar-refractivity contribution < 1.29 is 9.53 Å².